The maximum absolute atomic E-state index is 10.4. The van der Waals surface area contributed by atoms with Gasteiger partial charge < -0.3 is 9.51 Å². The number of nitrogens with zero attached hydrogens (tertiary/aromatic N) is 5. The van der Waals surface area contributed by atoms with Crippen molar-refractivity contribution < 1.29 is 19.9 Å². The van der Waals surface area contributed by atoms with Crippen molar-refractivity contribution in [3.05, 3.63) is 101 Å². The third kappa shape index (κ3) is 5.14. The predicted molar refractivity (Wildman–Crippen MR) is 119 cm³/mol. The Bertz CT molecular complexity index is 1360. The van der Waals surface area contributed by atoms with Crippen LogP contribution in [0.1, 0.15) is 0 Å². The molecule has 0 saturated heterocycles. The van der Waals surface area contributed by atoms with E-state index in [1.165, 1.54) is 0 Å². The summed E-state index contributed by atoms with van der Waals surface area (Å²) in [5.74, 6) is -1.21. The van der Waals surface area contributed by atoms with Crippen molar-refractivity contribution in [3.63, 3.8) is 0 Å². The summed E-state index contributed by atoms with van der Waals surface area (Å²) in [6.45, 7) is 0. The van der Waals surface area contributed by atoms with Crippen molar-refractivity contribution in [1.29, 1.82) is 0 Å². The number of nitro groups is 3. The summed E-state index contributed by atoms with van der Waals surface area (Å²) in [4.78, 5) is 32.3. The van der Waals surface area contributed by atoms with E-state index in [2.05, 4.69) is 4.98 Å². The van der Waals surface area contributed by atoms with Gasteiger partial charge in [0.15, 0.2) is 5.65 Å². The second-order valence-corrected chi connectivity index (χ2v) is 7.18. The molecule has 0 aliphatic rings. The number of aromatic nitrogens is 2. The first-order chi connectivity index (χ1) is 15.6. The number of phenolic OH excluding ortho intramolecular Hbond substituents is 1. The first-order valence-electron chi connectivity index (χ1n) is 8.78. The fraction of sp³-hybridized carbons (Fsp3) is 0. The van der Waals surface area contributed by atoms with Gasteiger partial charge in [0.2, 0.25) is 0 Å². The van der Waals surface area contributed by atoms with Crippen molar-refractivity contribution >= 4 is 45.9 Å². The number of hydrogen-bond donors (Lipinski definition) is 1. The van der Waals surface area contributed by atoms with Gasteiger partial charge in [0.25, 0.3) is 11.4 Å². The number of imidazole rings is 1. The SMILES string of the molecule is Clc1cc(Cl)c2nc(-c3ccccc3)cn2c1.O=[N+]([O-])c1cc([N+](=O)[O-])c(O)c([N+](=O)[O-])c1. The number of benzene rings is 2. The average Bonchev–Trinajstić information content (AvgIpc) is 3.19. The van der Waals surface area contributed by atoms with Crippen molar-refractivity contribution in [3.8, 4) is 17.0 Å². The van der Waals surface area contributed by atoms with E-state index >= 15 is 0 Å². The molecule has 4 rings (SSSR count). The monoisotopic (exact) mass is 491 g/mol. The number of hydrogen-bond acceptors (Lipinski definition) is 8. The molecule has 0 radical (unpaired) electrons. The molecule has 12 nitrogen and oxygen atoms in total. The molecule has 0 bridgehead atoms. The van der Waals surface area contributed by atoms with Gasteiger partial charge >= 0.3 is 11.4 Å². The molecule has 0 saturated carbocycles. The van der Waals surface area contributed by atoms with E-state index in [0.717, 1.165) is 16.9 Å². The Morgan fingerprint density at radius 2 is 1.42 bits per heavy atom. The highest BCUT2D eigenvalue weighted by Crippen LogP contribution is 2.39. The van der Waals surface area contributed by atoms with E-state index < -0.39 is 37.6 Å². The van der Waals surface area contributed by atoms with Gasteiger partial charge in [-0.05, 0) is 6.07 Å². The zero-order valence-electron chi connectivity index (χ0n) is 16.2. The predicted octanol–water partition coefficient (Wildman–Crippen LogP) is 5.42. The molecular formula is C19H11Cl2N5O7. The number of nitro benzene ring substituents is 3. The molecule has 168 valence electrons. The third-order valence-corrected chi connectivity index (χ3v) is 4.69. The molecule has 0 aliphatic carbocycles. The lowest BCUT2D eigenvalue weighted by Gasteiger charge is -1.97. The highest BCUT2D eigenvalue weighted by Gasteiger charge is 2.30. The maximum atomic E-state index is 10.4. The number of non-ortho nitro benzene ring substituents is 1. The Morgan fingerprint density at radius 1 is 0.848 bits per heavy atom. The highest BCUT2D eigenvalue weighted by molar-refractivity contribution is 6.36. The van der Waals surface area contributed by atoms with E-state index in [4.69, 9.17) is 28.3 Å². The summed E-state index contributed by atoms with van der Waals surface area (Å²) in [5.41, 5.74) is -0.342. The normalized spacial score (nSPS) is 10.4. The van der Waals surface area contributed by atoms with Gasteiger partial charge in [-0.3, -0.25) is 30.3 Å². The van der Waals surface area contributed by atoms with Gasteiger partial charge in [0.05, 0.1) is 42.6 Å². The molecule has 14 heteroatoms. The van der Waals surface area contributed by atoms with Crippen LogP contribution in [-0.2, 0) is 0 Å². The van der Waals surface area contributed by atoms with Crippen molar-refractivity contribution in [1.82, 2.24) is 9.38 Å². The molecule has 1 N–H and O–H groups in total. The lowest BCUT2D eigenvalue weighted by atomic mass is 10.2. The van der Waals surface area contributed by atoms with Crippen LogP contribution in [0.3, 0.4) is 0 Å². The molecule has 0 fully saturated rings. The third-order valence-electron chi connectivity index (χ3n) is 4.20. The second-order valence-electron chi connectivity index (χ2n) is 6.33. The standard InChI is InChI=1S/C13H8Cl2N2.C6H3N3O7/c14-10-6-11(15)13-16-12(8-17(13)7-10)9-4-2-1-3-5-9;10-6-4(8(13)14)1-3(7(11)12)2-5(6)9(15)16/h1-8H;1-2,10H. The molecular weight excluding hydrogens is 481 g/mol. The van der Waals surface area contributed by atoms with Crippen LogP contribution in [0.2, 0.25) is 10.0 Å². The zero-order chi connectivity index (χ0) is 24.3. The second kappa shape index (κ2) is 9.46. The molecule has 0 spiro atoms. The van der Waals surface area contributed by atoms with Crippen molar-refractivity contribution in [2.75, 3.05) is 0 Å². The van der Waals surface area contributed by atoms with Crippen LogP contribution in [0, 0.1) is 30.3 Å². The molecule has 2 aromatic heterocycles. The summed E-state index contributed by atoms with van der Waals surface area (Å²) >= 11 is 12.0. The smallest absolute Gasteiger partial charge is 0.324 e. The molecule has 4 aromatic rings. The largest absolute Gasteiger partial charge is 0.497 e. The van der Waals surface area contributed by atoms with Crippen LogP contribution >= 0.6 is 23.2 Å². The molecule has 0 unspecified atom stereocenters. The fourth-order valence-electron chi connectivity index (χ4n) is 2.75. The highest BCUT2D eigenvalue weighted by atomic mass is 35.5. The lowest BCUT2D eigenvalue weighted by molar-refractivity contribution is -0.404. The summed E-state index contributed by atoms with van der Waals surface area (Å²) in [7, 11) is 0. The minimum atomic E-state index is -1.21. The topological polar surface area (TPSA) is 167 Å². The molecule has 2 heterocycles. The average molecular weight is 492 g/mol. The molecule has 0 atom stereocenters. The van der Waals surface area contributed by atoms with E-state index in [0.29, 0.717) is 22.2 Å². The molecule has 2 aromatic carbocycles. The van der Waals surface area contributed by atoms with Gasteiger partial charge in [0.1, 0.15) is 0 Å². The Morgan fingerprint density at radius 3 is 1.94 bits per heavy atom. The van der Waals surface area contributed by atoms with Crippen LogP contribution in [0.25, 0.3) is 16.9 Å². The number of phenols is 1. The number of pyridine rings is 1. The van der Waals surface area contributed by atoms with Crippen LogP contribution in [0.15, 0.2) is 60.9 Å². The molecule has 0 aliphatic heterocycles. The quantitative estimate of drug-likeness (QED) is 0.291. The van der Waals surface area contributed by atoms with Crippen LogP contribution in [-0.4, -0.2) is 29.3 Å². The molecule has 33 heavy (non-hydrogen) atoms. The van der Waals surface area contributed by atoms with Gasteiger partial charge in [-0.1, -0.05) is 53.5 Å². The number of halogens is 2. The number of aromatic hydroxyl groups is 1. The Hall–Kier alpha value is -4.29. The van der Waals surface area contributed by atoms with Gasteiger partial charge in [-0.15, -0.1) is 0 Å². The zero-order valence-corrected chi connectivity index (χ0v) is 17.7. The van der Waals surface area contributed by atoms with Crippen molar-refractivity contribution in [2.24, 2.45) is 0 Å². The van der Waals surface area contributed by atoms with Gasteiger partial charge in [0, 0.05) is 18.0 Å². The summed E-state index contributed by atoms with van der Waals surface area (Å²) < 4.78 is 1.84. The van der Waals surface area contributed by atoms with E-state index in [1.54, 1.807) is 12.3 Å². The Labute approximate surface area is 193 Å². The first kappa shape index (κ1) is 23.4. The van der Waals surface area contributed by atoms with Crippen molar-refractivity contribution in [2.45, 2.75) is 0 Å². The van der Waals surface area contributed by atoms with Crippen LogP contribution < -0.4 is 0 Å². The Kier molecular flexibility index (Phi) is 6.70. The Balaban J connectivity index is 0.000000186. The number of fused-ring (bicyclic) bond motifs is 1. The minimum absolute atomic E-state index is 0.447. The minimum Gasteiger partial charge on any atom is -0.497 e. The van der Waals surface area contributed by atoms with Gasteiger partial charge in [-0.2, -0.15) is 0 Å². The summed E-state index contributed by atoms with van der Waals surface area (Å²) in [5, 5.41) is 41.4. The van der Waals surface area contributed by atoms with E-state index in [-0.39, 0.29) is 0 Å². The van der Waals surface area contributed by atoms with Crippen LogP contribution in [0.4, 0.5) is 17.1 Å². The number of rotatable bonds is 4. The van der Waals surface area contributed by atoms with E-state index in [1.807, 2.05) is 40.9 Å². The van der Waals surface area contributed by atoms with E-state index in [9.17, 15) is 30.3 Å². The molecule has 0 amide bonds. The summed E-state index contributed by atoms with van der Waals surface area (Å²) in [6.07, 6.45) is 3.71. The first-order valence-corrected chi connectivity index (χ1v) is 9.53. The van der Waals surface area contributed by atoms with Crippen LogP contribution in [0.5, 0.6) is 5.75 Å². The lowest BCUT2D eigenvalue weighted by Crippen LogP contribution is -1.97. The maximum Gasteiger partial charge on any atom is 0.324 e. The summed E-state index contributed by atoms with van der Waals surface area (Å²) in [6, 6.07) is 12.5. The fourth-order valence-corrected chi connectivity index (χ4v) is 3.27. The van der Waals surface area contributed by atoms with Gasteiger partial charge in [-0.25, -0.2) is 4.98 Å².